The van der Waals surface area contributed by atoms with Gasteiger partial charge < -0.3 is 9.80 Å². The van der Waals surface area contributed by atoms with Crippen LogP contribution in [0.2, 0.25) is 0 Å². The molecule has 0 N–H and O–H groups in total. The number of amides is 3. The first kappa shape index (κ1) is 15.1. The van der Waals surface area contributed by atoms with Crippen molar-refractivity contribution < 1.29 is 9.59 Å². The van der Waals surface area contributed by atoms with E-state index in [2.05, 4.69) is 11.1 Å². The van der Waals surface area contributed by atoms with Crippen molar-refractivity contribution in [3.05, 3.63) is 54.4 Å². The number of para-hydroxylation sites is 1. The molecule has 0 aliphatic carbocycles. The maximum Gasteiger partial charge on any atom is 0.332 e. The number of carbonyl (C=O) groups excluding carboxylic acids is 2. The Morgan fingerprint density at radius 2 is 1.88 bits per heavy atom. The molecule has 1 unspecified atom stereocenters. The lowest BCUT2D eigenvalue weighted by Gasteiger charge is -2.36. The second-order valence-corrected chi connectivity index (χ2v) is 5.93. The van der Waals surface area contributed by atoms with Crippen molar-refractivity contribution in [1.82, 2.24) is 9.88 Å². The van der Waals surface area contributed by atoms with Crippen LogP contribution >= 0.6 is 0 Å². The molecule has 7 nitrogen and oxygen atoms in total. The summed E-state index contributed by atoms with van der Waals surface area (Å²) in [5.41, 5.74) is 1.60. The first-order chi connectivity index (χ1) is 12.2. The van der Waals surface area contributed by atoms with Crippen molar-refractivity contribution in [1.29, 1.82) is 5.26 Å². The highest BCUT2D eigenvalue weighted by Crippen LogP contribution is 2.29. The molecular formula is C18H15N5O2. The van der Waals surface area contributed by atoms with Gasteiger partial charge in [0.2, 0.25) is 0 Å². The molecule has 1 aromatic heterocycles. The third-order valence-corrected chi connectivity index (χ3v) is 4.57. The number of pyridine rings is 1. The van der Waals surface area contributed by atoms with Gasteiger partial charge in [0.15, 0.2) is 5.69 Å². The van der Waals surface area contributed by atoms with E-state index in [-0.39, 0.29) is 11.9 Å². The summed E-state index contributed by atoms with van der Waals surface area (Å²) >= 11 is 0. The number of hydrogen-bond acceptors (Lipinski definition) is 5. The molecule has 1 aromatic carbocycles. The molecular weight excluding hydrogens is 318 g/mol. The number of hydrogen-bond donors (Lipinski definition) is 0. The van der Waals surface area contributed by atoms with Crippen LogP contribution in [0.25, 0.3) is 0 Å². The molecule has 0 saturated carbocycles. The predicted molar refractivity (Wildman–Crippen MR) is 91.0 cm³/mol. The summed E-state index contributed by atoms with van der Waals surface area (Å²) in [7, 11) is 0. The summed E-state index contributed by atoms with van der Waals surface area (Å²) < 4.78 is 0. The molecule has 0 radical (unpaired) electrons. The van der Waals surface area contributed by atoms with Crippen molar-refractivity contribution in [3.8, 4) is 6.07 Å². The molecule has 2 aliphatic rings. The number of urea groups is 1. The number of nitriles is 1. The fourth-order valence-electron chi connectivity index (χ4n) is 3.37. The van der Waals surface area contributed by atoms with E-state index in [9.17, 15) is 14.9 Å². The van der Waals surface area contributed by atoms with Crippen LogP contribution in [0.3, 0.4) is 0 Å². The third kappa shape index (κ3) is 2.39. The number of imide groups is 1. The van der Waals surface area contributed by atoms with Crippen LogP contribution in [0.15, 0.2) is 48.7 Å². The van der Waals surface area contributed by atoms with Gasteiger partial charge in [-0.15, -0.1) is 0 Å². The van der Waals surface area contributed by atoms with Crippen LogP contribution in [0.1, 0.15) is 5.69 Å². The number of benzene rings is 1. The number of anilines is 2. The Morgan fingerprint density at radius 3 is 2.64 bits per heavy atom. The van der Waals surface area contributed by atoms with Crippen molar-refractivity contribution in [2.75, 3.05) is 29.4 Å². The normalized spacial score (nSPS) is 19.8. The summed E-state index contributed by atoms with van der Waals surface area (Å²) in [6.45, 7) is 1.34. The van der Waals surface area contributed by atoms with E-state index in [1.54, 1.807) is 41.4 Å². The van der Waals surface area contributed by atoms with Gasteiger partial charge in [-0.25, -0.2) is 14.7 Å². The minimum Gasteiger partial charge on any atom is -0.365 e. The van der Waals surface area contributed by atoms with E-state index in [1.807, 2.05) is 17.0 Å². The minimum absolute atomic E-state index is 0.233. The maximum absolute atomic E-state index is 12.8. The van der Waals surface area contributed by atoms with Gasteiger partial charge in [0.05, 0.1) is 11.4 Å². The second kappa shape index (κ2) is 5.91. The van der Waals surface area contributed by atoms with E-state index in [0.29, 0.717) is 36.7 Å². The van der Waals surface area contributed by atoms with Gasteiger partial charge in [-0.1, -0.05) is 18.2 Å². The lowest BCUT2D eigenvalue weighted by molar-refractivity contribution is -0.119. The SMILES string of the molecule is N#Cc1ncccc1N1CCN2C(=O)N(c3ccccc3)C(=O)C2C1. The molecule has 0 bridgehead atoms. The Kier molecular flexibility index (Phi) is 3.58. The van der Waals surface area contributed by atoms with E-state index in [0.717, 1.165) is 0 Å². The molecule has 1 atom stereocenters. The average Bonchev–Trinajstić information content (AvgIpc) is 2.92. The highest BCUT2D eigenvalue weighted by atomic mass is 16.2. The molecule has 124 valence electrons. The highest BCUT2D eigenvalue weighted by molar-refractivity contribution is 6.21. The monoisotopic (exact) mass is 333 g/mol. The zero-order valence-electron chi connectivity index (χ0n) is 13.4. The van der Waals surface area contributed by atoms with Gasteiger partial charge in [0.25, 0.3) is 5.91 Å². The molecule has 7 heteroatoms. The van der Waals surface area contributed by atoms with E-state index in [1.165, 1.54) is 4.90 Å². The first-order valence-electron chi connectivity index (χ1n) is 8.00. The maximum atomic E-state index is 12.8. The molecule has 2 fully saturated rings. The summed E-state index contributed by atoms with van der Waals surface area (Å²) in [4.78, 5) is 34.4. The Bertz CT molecular complexity index is 877. The zero-order valence-corrected chi connectivity index (χ0v) is 13.4. The van der Waals surface area contributed by atoms with E-state index in [4.69, 9.17) is 0 Å². The first-order valence-corrected chi connectivity index (χ1v) is 8.00. The molecule has 0 spiro atoms. The molecule has 25 heavy (non-hydrogen) atoms. The van der Waals surface area contributed by atoms with Gasteiger partial charge in [-0.3, -0.25) is 4.79 Å². The molecule has 2 saturated heterocycles. The van der Waals surface area contributed by atoms with Crippen LogP contribution in [0.5, 0.6) is 0 Å². The smallest absolute Gasteiger partial charge is 0.332 e. The molecule has 2 aromatic rings. The van der Waals surface area contributed by atoms with Crippen LogP contribution in [0, 0.1) is 11.3 Å². The number of aromatic nitrogens is 1. The number of carbonyl (C=O) groups is 2. The molecule has 3 amide bonds. The van der Waals surface area contributed by atoms with E-state index >= 15 is 0 Å². The third-order valence-electron chi connectivity index (χ3n) is 4.57. The van der Waals surface area contributed by atoms with Crippen molar-refractivity contribution >= 4 is 23.3 Å². The zero-order chi connectivity index (χ0) is 17.4. The van der Waals surface area contributed by atoms with Gasteiger partial charge in [0, 0.05) is 25.8 Å². The van der Waals surface area contributed by atoms with Crippen LogP contribution in [-0.2, 0) is 4.79 Å². The fraction of sp³-hybridized carbons (Fsp3) is 0.222. The van der Waals surface area contributed by atoms with Gasteiger partial charge in [0.1, 0.15) is 12.1 Å². The summed E-state index contributed by atoms with van der Waals surface area (Å²) in [5.74, 6) is -0.233. The Labute approximate surface area is 144 Å². The summed E-state index contributed by atoms with van der Waals surface area (Å²) in [5, 5.41) is 9.24. The quantitative estimate of drug-likeness (QED) is 0.780. The average molecular weight is 333 g/mol. The standard InChI is InChI=1S/C18H15N5O2/c19-11-14-15(7-4-8-20-14)21-9-10-22-16(12-21)17(24)23(18(22)25)13-5-2-1-3-6-13/h1-8,16H,9-10,12H2. The lowest BCUT2D eigenvalue weighted by atomic mass is 10.1. The Hall–Kier alpha value is -3.40. The van der Waals surface area contributed by atoms with Crippen molar-refractivity contribution in [3.63, 3.8) is 0 Å². The van der Waals surface area contributed by atoms with Crippen molar-refractivity contribution in [2.24, 2.45) is 0 Å². The van der Waals surface area contributed by atoms with Gasteiger partial charge in [-0.2, -0.15) is 5.26 Å². The minimum atomic E-state index is -0.548. The topological polar surface area (TPSA) is 80.5 Å². The second-order valence-electron chi connectivity index (χ2n) is 5.93. The number of nitrogens with zero attached hydrogens (tertiary/aromatic N) is 5. The molecule has 3 heterocycles. The van der Waals surface area contributed by atoms with Crippen LogP contribution in [0.4, 0.5) is 16.2 Å². The number of piperazine rings is 1. The van der Waals surface area contributed by atoms with Crippen molar-refractivity contribution in [2.45, 2.75) is 6.04 Å². The van der Waals surface area contributed by atoms with Crippen LogP contribution < -0.4 is 9.80 Å². The Balaban J connectivity index is 1.63. The van der Waals surface area contributed by atoms with Gasteiger partial charge in [-0.05, 0) is 24.3 Å². The summed E-state index contributed by atoms with van der Waals surface area (Å²) in [6.07, 6.45) is 1.57. The fourth-order valence-corrected chi connectivity index (χ4v) is 3.37. The molecule has 2 aliphatic heterocycles. The van der Waals surface area contributed by atoms with Gasteiger partial charge >= 0.3 is 6.03 Å². The molecule has 4 rings (SSSR count). The van der Waals surface area contributed by atoms with E-state index < -0.39 is 6.04 Å². The largest absolute Gasteiger partial charge is 0.365 e. The summed E-state index contributed by atoms with van der Waals surface area (Å²) in [6, 6.07) is 13.8. The Morgan fingerprint density at radius 1 is 1.08 bits per heavy atom. The number of rotatable bonds is 2. The highest BCUT2D eigenvalue weighted by Gasteiger charge is 2.48. The number of fused-ring (bicyclic) bond motifs is 1. The van der Waals surface area contributed by atoms with Crippen LogP contribution in [-0.4, -0.2) is 47.5 Å². The predicted octanol–water partition coefficient (Wildman–Crippen LogP) is 1.61. The lowest BCUT2D eigenvalue weighted by Crippen LogP contribution is -2.53.